The van der Waals surface area contributed by atoms with Crippen molar-refractivity contribution in [1.29, 1.82) is 5.26 Å². The molecule has 0 spiro atoms. The van der Waals surface area contributed by atoms with Crippen LogP contribution in [0.2, 0.25) is 0 Å². The molecule has 0 aliphatic carbocycles. The van der Waals surface area contributed by atoms with Crippen LogP contribution in [0.3, 0.4) is 0 Å². The van der Waals surface area contributed by atoms with Crippen LogP contribution in [0, 0.1) is 16.7 Å². The van der Waals surface area contributed by atoms with Crippen molar-refractivity contribution in [3.63, 3.8) is 0 Å². The topological polar surface area (TPSA) is 59.3 Å². The Morgan fingerprint density at radius 3 is 2.25 bits per heavy atom. The Kier molecular flexibility index (Phi) is 5.39. The molecule has 0 atom stereocenters. The van der Waals surface area contributed by atoms with E-state index in [0.717, 1.165) is 5.56 Å². The highest BCUT2D eigenvalue weighted by Gasteiger charge is 2.35. The van der Waals surface area contributed by atoms with Crippen LogP contribution in [-0.2, 0) is 9.53 Å². The van der Waals surface area contributed by atoms with Crippen LogP contribution in [0.1, 0.15) is 25.0 Å². The van der Waals surface area contributed by atoms with Gasteiger partial charge < -0.3 is 9.47 Å². The zero-order valence-electron chi connectivity index (χ0n) is 13.9. The van der Waals surface area contributed by atoms with E-state index in [0.29, 0.717) is 17.1 Å². The Morgan fingerprint density at radius 2 is 1.71 bits per heavy atom. The molecular formula is C20H19NO3. The number of nitriles is 1. The van der Waals surface area contributed by atoms with Gasteiger partial charge in [-0.2, -0.15) is 5.26 Å². The van der Waals surface area contributed by atoms with Gasteiger partial charge in [0, 0.05) is 0 Å². The number of hydrogen-bond acceptors (Lipinski definition) is 4. The number of nitrogens with zero attached hydrogens (tertiary/aromatic N) is 1. The minimum Gasteiger partial charge on any atom is -0.468 e. The first kappa shape index (κ1) is 17.3. The molecule has 122 valence electrons. The zero-order valence-corrected chi connectivity index (χ0v) is 13.9. The molecule has 2 aromatic carbocycles. The molecule has 4 heteroatoms. The van der Waals surface area contributed by atoms with E-state index in [1.54, 1.807) is 44.2 Å². The molecule has 24 heavy (non-hydrogen) atoms. The van der Waals surface area contributed by atoms with Gasteiger partial charge in [0.05, 0.1) is 18.7 Å². The number of carbonyl (C=O) groups excluding carboxylic acids is 1. The second-order valence-corrected chi connectivity index (χ2v) is 5.77. The summed E-state index contributed by atoms with van der Waals surface area (Å²) in [6.45, 7) is 3.49. The highest BCUT2D eigenvalue weighted by Crippen LogP contribution is 2.32. The van der Waals surface area contributed by atoms with E-state index in [4.69, 9.17) is 14.7 Å². The second-order valence-electron chi connectivity index (χ2n) is 5.77. The fraction of sp³-hybridized carbons (Fsp3) is 0.200. The number of ether oxygens (including phenoxy) is 2. The maximum absolute atomic E-state index is 12.2. The summed E-state index contributed by atoms with van der Waals surface area (Å²) in [5.41, 5.74) is 0.445. The summed E-state index contributed by atoms with van der Waals surface area (Å²) >= 11 is 0. The molecule has 0 saturated carbocycles. The van der Waals surface area contributed by atoms with Gasteiger partial charge in [0.15, 0.2) is 0 Å². The molecule has 0 heterocycles. The first-order chi connectivity index (χ1) is 11.5. The molecule has 2 rings (SSSR count). The summed E-state index contributed by atoms with van der Waals surface area (Å²) in [6, 6.07) is 18.4. The van der Waals surface area contributed by atoms with Crippen LogP contribution in [0.25, 0.3) is 6.08 Å². The smallest absolute Gasteiger partial charge is 0.318 e. The summed E-state index contributed by atoms with van der Waals surface area (Å²) in [5.74, 6) is 0.706. The van der Waals surface area contributed by atoms with Gasteiger partial charge in [-0.05, 0) is 49.8 Å². The SMILES string of the molecule is COC(=O)C(C)(C)/C(=C\c1ccc(C#N)cc1)Oc1ccccc1. The van der Waals surface area contributed by atoms with Crippen molar-refractivity contribution in [2.45, 2.75) is 13.8 Å². The summed E-state index contributed by atoms with van der Waals surface area (Å²) in [6.07, 6.45) is 1.78. The van der Waals surface area contributed by atoms with E-state index in [-0.39, 0.29) is 0 Å². The van der Waals surface area contributed by atoms with Gasteiger partial charge in [-0.3, -0.25) is 4.79 Å². The normalized spacial score (nSPS) is 11.5. The molecular weight excluding hydrogens is 302 g/mol. The standard InChI is InChI=1S/C20H19NO3/c1-20(2,19(22)23-3)18(24-17-7-5-4-6-8-17)13-15-9-11-16(14-21)12-10-15/h4-13H,1-3H3/b18-13+. The molecule has 0 N–H and O–H groups in total. The van der Waals surface area contributed by atoms with Gasteiger partial charge in [0.1, 0.15) is 16.9 Å². The number of benzene rings is 2. The number of methoxy groups -OCH3 is 1. The second kappa shape index (κ2) is 7.47. The third-order valence-corrected chi connectivity index (χ3v) is 3.62. The molecule has 0 radical (unpaired) electrons. The van der Waals surface area contributed by atoms with Crippen molar-refractivity contribution in [3.05, 3.63) is 71.5 Å². The highest BCUT2D eigenvalue weighted by molar-refractivity contribution is 5.81. The molecule has 0 bridgehead atoms. The summed E-state index contributed by atoms with van der Waals surface area (Å²) < 4.78 is 10.9. The Morgan fingerprint density at radius 1 is 1.08 bits per heavy atom. The Hall–Kier alpha value is -3.06. The van der Waals surface area contributed by atoms with E-state index >= 15 is 0 Å². The molecule has 2 aromatic rings. The molecule has 0 aromatic heterocycles. The third-order valence-electron chi connectivity index (χ3n) is 3.62. The fourth-order valence-corrected chi connectivity index (χ4v) is 2.11. The molecule has 0 saturated heterocycles. The summed E-state index contributed by atoms with van der Waals surface area (Å²) in [4.78, 5) is 12.2. The molecule has 4 nitrogen and oxygen atoms in total. The lowest BCUT2D eigenvalue weighted by molar-refractivity contribution is -0.149. The quantitative estimate of drug-likeness (QED) is 0.612. The minimum atomic E-state index is -0.960. The number of hydrogen-bond donors (Lipinski definition) is 0. The fourth-order valence-electron chi connectivity index (χ4n) is 2.11. The number of esters is 1. The van der Waals surface area contributed by atoms with E-state index in [2.05, 4.69) is 6.07 Å². The monoisotopic (exact) mass is 321 g/mol. The van der Waals surface area contributed by atoms with Crippen molar-refractivity contribution >= 4 is 12.0 Å². The lowest BCUT2D eigenvalue weighted by Gasteiger charge is -2.25. The van der Waals surface area contributed by atoms with Crippen molar-refractivity contribution < 1.29 is 14.3 Å². The molecule has 0 aliphatic heterocycles. The Bertz CT molecular complexity index is 769. The van der Waals surface area contributed by atoms with Crippen molar-refractivity contribution in [3.8, 4) is 11.8 Å². The minimum absolute atomic E-state index is 0.390. The van der Waals surface area contributed by atoms with Crippen LogP contribution in [-0.4, -0.2) is 13.1 Å². The Labute approximate surface area is 141 Å². The first-order valence-electron chi connectivity index (χ1n) is 7.51. The lowest BCUT2D eigenvalue weighted by atomic mass is 9.89. The number of carbonyl (C=O) groups is 1. The van der Waals surface area contributed by atoms with Gasteiger partial charge in [-0.25, -0.2) is 0 Å². The van der Waals surface area contributed by atoms with Crippen LogP contribution < -0.4 is 4.74 Å². The van der Waals surface area contributed by atoms with Crippen molar-refractivity contribution in [1.82, 2.24) is 0 Å². The van der Waals surface area contributed by atoms with Crippen molar-refractivity contribution in [2.75, 3.05) is 7.11 Å². The van der Waals surface area contributed by atoms with E-state index < -0.39 is 11.4 Å². The van der Waals surface area contributed by atoms with Crippen LogP contribution >= 0.6 is 0 Å². The van der Waals surface area contributed by atoms with E-state index in [1.807, 2.05) is 30.3 Å². The van der Waals surface area contributed by atoms with E-state index in [1.165, 1.54) is 7.11 Å². The van der Waals surface area contributed by atoms with Gasteiger partial charge in [-0.15, -0.1) is 0 Å². The summed E-state index contributed by atoms with van der Waals surface area (Å²) in [7, 11) is 1.35. The maximum atomic E-state index is 12.2. The van der Waals surface area contributed by atoms with Crippen LogP contribution in [0.5, 0.6) is 5.75 Å². The zero-order chi connectivity index (χ0) is 17.6. The largest absolute Gasteiger partial charge is 0.468 e. The summed E-state index contributed by atoms with van der Waals surface area (Å²) in [5, 5.41) is 8.89. The molecule has 0 amide bonds. The first-order valence-corrected chi connectivity index (χ1v) is 7.51. The van der Waals surface area contributed by atoms with Crippen LogP contribution in [0.4, 0.5) is 0 Å². The number of para-hydroxylation sites is 1. The average Bonchev–Trinajstić information content (AvgIpc) is 2.61. The third kappa shape index (κ3) is 4.02. The maximum Gasteiger partial charge on any atom is 0.318 e. The van der Waals surface area contributed by atoms with E-state index in [9.17, 15) is 4.79 Å². The van der Waals surface area contributed by atoms with Gasteiger partial charge in [-0.1, -0.05) is 30.3 Å². The van der Waals surface area contributed by atoms with Gasteiger partial charge >= 0.3 is 5.97 Å². The van der Waals surface area contributed by atoms with Gasteiger partial charge in [0.2, 0.25) is 0 Å². The lowest BCUT2D eigenvalue weighted by Crippen LogP contribution is -2.30. The predicted molar refractivity (Wildman–Crippen MR) is 92.0 cm³/mol. The molecule has 0 unspecified atom stereocenters. The Balaban J connectivity index is 2.43. The predicted octanol–water partition coefficient (Wildman–Crippen LogP) is 4.18. The van der Waals surface area contributed by atoms with Gasteiger partial charge in [0.25, 0.3) is 0 Å². The highest BCUT2D eigenvalue weighted by atomic mass is 16.5. The number of rotatable bonds is 5. The average molecular weight is 321 g/mol. The van der Waals surface area contributed by atoms with Crippen molar-refractivity contribution in [2.24, 2.45) is 5.41 Å². The molecule has 0 fully saturated rings. The molecule has 0 aliphatic rings. The van der Waals surface area contributed by atoms with Crippen LogP contribution in [0.15, 0.2) is 60.4 Å².